The zero-order chi connectivity index (χ0) is 23.4. The van der Waals surface area contributed by atoms with Gasteiger partial charge in [0.25, 0.3) is 5.28 Å². The molecule has 0 aromatic carbocycles. The lowest BCUT2D eigenvalue weighted by atomic mass is 10.0. The van der Waals surface area contributed by atoms with Crippen molar-refractivity contribution in [1.29, 1.82) is 0 Å². The normalized spacial score (nSPS) is 14.8. The van der Waals surface area contributed by atoms with Gasteiger partial charge in [0.05, 0.1) is 21.1 Å². The van der Waals surface area contributed by atoms with Crippen LogP contribution in [0.2, 0.25) is 0 Å². The number of nitrogens with zero attached hydrogens (tertiary/aromatic N) is 1. The first kappa shape index (κ1) is 30.8. The molecule has 0 fully saturated rings. The molecular formula is C27H55NO2P+. The van der Waals surface area contributed by atoms with E-state index in [-0.39, 0.29) is 0 Å². The molecule has 0 radical (unpaired) electrons. The Kier molecular flexibility index (Phi) is 19.1. The molecule has 3 nitrogen and oxygen atoms in total. The van der Waals surface area contributed by atoms with E-state index in [0.717, 1.165) is 19.3 Å². The van der Waals surface area contributed by atoms with Crippen LogP contribution in [0.25, 0.3) is 0 Å². The molecule has 0 aliphatic rings. The van der Waals surface area contributed by atoms with Gasteiger partial charge in [-0.05, 0) is 32.1 Å². The highest BCUT2D eigenvalue weighted by atomic mass is 31.1. The van der Waals surface area contributed by atoms with E-state index in [1.165, 1.54) is 96.3 Å². The molecule has 2 unspecified atom stereocenters. The maximum Gasteiger partial charge on any atom is 0.376 e. The lowest BCUT2D eigenvalue weighted by molar-refractivity contribution is -0.910. The van der Waals surface area contributed by atoms with Crippen LogP contribution >= 0.6 is 8.03 Å². The summed E-state index contributed by atoms with van der Waals surface area (Å²) in [5.41, 5.74) is 0. The molecule has 0 N–H and O–H groups in total. The van der Waals surface area contributed by atoms with Gasteiger partial charge in [0.15, 0.2) is 0 Å². The fraction of sp³-hybridized carbons (Fsp3) is 0.926. The van der Waals surface area contributed by atoms with Crippen LogP contribution in [-0.4, -0.2) is 30.9 Å². The third kappa shape index (κ3) is 14.5. The molecule has 2 atom stereocenters. The molecular weight excluding hydrogens is 401 g/mol. The minimum Gasteiger partial charge on any atom is -0.590 e. The van der Waals surface area contributed by atoms with Crippen molar-refractivity contribution in [2.24, 2.45) is 0 Å². The van der Waals surface area contributed by atoms with E-state index < -0.39 is 13.3 Å². The Labute approximate surface area is 196 Å². The van der Waals surface area contributed by atoms with Crippen molar-refractivity contribution >= 4 is 8.03 Å². The van der Waals surface area contributed by atoms with Crippen LogP contribution in [0.5, 0.6) is 0 Å². The minimum atomic E-state index is -2.42. The van der Waals surface area contributed by atoms with Gasteiger partial charge in [-0.1, -0.05) is 108 Å². The predicted octanol–water partition coefficient (Wildman–Crippen LogP) is 8.50. The third-order valence-electron chi connectivity index (χ3n) is 6.99. The summed E-state index contributed by atoms with van der Waals surface area (Å²) in [7, 11) is 3.61. The van der Waals surface area contributed by atoms with Gasteiger partial charge in [0.1, 0.15) is 0 Å². The van der Waals surface area contributed by atoms with Crippen LogP contribution in [0.4, 0.5) is 0 Å². The van der Waals surface area contributed by atoms with Crippen LogP contribution in [0.3, 0.4) is 0 Å². The van der Waals surface area contributed by atoms with E-state index in [2.05, 4.69) is 19.1 Å². The van der Waals surface area contributed by atoms with Crippen molar-refractivity contribution in [3.05, 3.63) is 12.2 Å². The fourth-order valence-corrected chi connectivity index (χ4v) is 5.73. The van der Waals surface area contributed by atoms with Crippen molar-refractivity contribution < 1.29 is 13.9 Å². The first-order valence-corrected chi connectivity index (χ1v) is 14.6. The Morgan fingerprint density at radius 2 is 1.06 bits per heavy atom. The first-order chi connectivity index (χ1) is 14.8. The van der Waals surface area contributed by atoms with Crippen molar-refractivity contribution in [2.45, 2.75) is 141 Å². The van der Waals surface area contributed by atoms with Gasteiger partial charge in [-0.2, -0.15) is 0 Å². The number of quaternary nitrogens is 1. The van der Waals surface area contributed by atoms with Crippen LogP contribution < -0.4 is 4.89 Å². The van der Waals surface area contributed by atoms with E-state index >= 15 is 0 Å². The second kappa shape index (κ2) is 19.2. The minimum absolute atomic E-state index is 0.506. The summed E-state index contributed by atoms with van der Waals surface area (Å²) in [6, 6.07) is 0. The summed E-state index contributed by atoms with van der Waals surface area (Å²) in [5, 5.41) is -0.604. The van der Waals surface area contributed by atoms with Crippen molar-refractivity contribution in [3.63, 3.8) is 0 Å². The number of allylic oxidation sites excluding steroid dienone is 2. The second-order valence-corrected chi connectivity index (χ2v) is 11.7. The molecule has 0 rings (SSSR count). The summed E-state index contributed by atoms with van der Waals surface area (Å²) >= 11 is 0. The molecule has 0 aliphatic heterocycles. The molecule has 0 aromatic heterocycles. The molecule has 4 heteroatoms. The van der Waals surface area contributed by atoms with Crippen LogP contribution in [0.1, 0.15) is 136 Å². The van der Waals surface area contributed by atoms with E-state index in [4.69, 9.17) is 0 Å². The van der Waals surface area contributed by atoms with E-state index in [1.807, 2.05) is 28.1 Å². The number of hydrogen-bond donors (Lipinski definition) is 0. The van der Waals surface area contributed by atoms with Crippen molar-refractivity contribution in [2.75, 3.05) is 21.1 Å². The van der Waals surface area contributed by atoms with E-state index in [1.54, 1.807) is 0 Å². The number of rotatable bonds is 22. The molecule has 0 aliphatic carbocycles. The topological polar surface area (TPSA) is 40.1 Å². The zero-order valence-corrected chi connectivity index (χ0v) is 22.7. The van der Waals surface area contributed by atoms with E-state index in [9.17, 15) is 9.46 Å². The lowest BCUT2D eigenvalue weighted by Crippen LogP contribution is -2.55. The van der Waals surface area contributed by atoms with Gasteiger partial charge in [-0.25, -0.2) is 0 Å². The quantitative estimate of drug-likeness (QED) is 0.0709. The maximum absolute atomic E-state index is 11.9. The standard InChI is InChI=1S/C27H55NO2P/c1-6-8-9-10-11-12-13-14-15-16-17-18-19-20-21-22-23-24-25-26-27(7-2,31(29)30)28(3,4)5/h18-19H,6-17,20-26H2,1-5H3/q+1/b19-18-. The fourth-order valence-electron chi connectivity index (χ4n) is 4.64. The summed E-state index contributed by atoms with van der Waals surface area (Å²) in [6.07, 6.45) is 28.6. The molecule has 0 spiro atoms. The summed E-state index contributed by atoms with van der Waals surface area (Å²) in [6.45, 7) is 4.29. The second-order valence-electron chi connectivity index (χ2n) is 10.4. The molecule has 0 aromatic rings. The van der Waals surface area contributed by atoms with Crippen molar-refractivity contribution in [1.82, 2.24) is 0 Å². The number of unbranched alkanes of at least 4 members (excludes halogenated alkanes) is 15. The molecule has 0 saturated heterocycles. The maximum atomic E-state index is 11.9. The SMILES string of the molecule is CCCCCCCCCCCC/C=C\CCCCCCCC(CC)([P+](=O)[O-])[N+](C)(C)C. The molecule has 0 saturated carbocycles. The lowest BCUT2D eigenvalue weighted by Gasteiger charge is -2.39. The van der Waals surface area contributed by atoms with Crippen LogP contribution in [0, 0.1) is 0 Å². The highest BCUT2D eigenvalue weighted by Crippen LogP contribution is 2.44. The van der Waals surface area contributed by atoms with Crippen LogP contribution in [-0.2, 0) is 4.57 Å². The Morgan fingerprint density at radius 1 is 0.677 bits per heavy atom. The average Bonchev–Trinajstić information content (AvgIpc) is 2.71. The van der Waals surface area contributed by atoms with Gasteiger partial charge >= 0.3 is 8.03 Å². The molecule has 0 bridgehead atoms. The van der Waals surface area contributed by atoms with Crippen molar-refractivity contribution in [3.8, 4) is 0 Å². The van der Waals surface area contributed by atoms with Gasteiger partial charge in [0, 0.05) is 12.8 Å². The zero-order valence-electron chi connectivity index (χ0n) is 21.8. The highest BCUT2D eigenvalue weighted by Gasteiger charge is 2.52. The summed E-state index contributed by atoms with van der Waals surface area (Å²) < 4.78 is 12.4. The Balaban J connectivity index is 3.57. The average molecular weight is 457 g/mol. The first-order valence-electron chi connectivity index (χ1n) is 13.4. The summed E-state index contributed by atoms with van der Waals surface area (Å²) in [4.78, 5) is 11.9. The van der Waals surface area contributed by atoms with Gasteiger partial charge in [-0.3, -0.25) is 4.48 Å². The smallest absolute Gasteiger partial charge is 0.376 e. The molecule has 31 heavy (non-hydrogen) atoms. The van der Waals surface area contributed by atoms with Crippen LogP contribution in [0.15, 0.2) is 12.2 Å². The Bertz CT molecular complexity index is 459. The highest BCUT2D eigenvalue weighted by molar-refractivity contribution is 7.38. The molecule has 0 heterocycles. The molecule has 0 amide bonds. The van der Waals surface area contributed by atoms with Gasteiger partial charge in [-0.15, -0.1) is 0 Å². The largest absolute Gasteiger partial charge is 0.590 e. The third-order valence-corrected chi connectivity index (χ3v) is 8.81. The monoisotopic (exact) mass is 456 g/mol. The predicted molar refractivity (Wildman–Crippen MR) is 137 cm³/mol. The Morgan fingerprint density at radius 3 is 1.42 bits per heavy atom. The van der Waals surface area contributed by atoms with E-state index in [0.29, 0.717) is 10.9 Å². The van der Waals surface area contributed by atoms with Gasteiger partial charge in [0.2, 0.25) is 0 Å². The number of hydrogen-bond acceptors (Lipinski definition) is 2. The van der Waals surface area contributed by atoms with Gasteiger partial charge < -0.3 is 4.89 Å². The summed E-state index contributed by atoms with van der Waals surface area (Å²) in [5.74, 6) is 0. The Hall–Kier alpha value is -0.240. The molecule has 184 valence electrons.